The Hall–Kier alpha value is -2.61. The summed E-state index contributed by atoms with van der Waals surface area (Å²) in [4.78, 5) is 0. The summed E-state index contributed by atoms with van der Waals surface area (Å²) in [6.07, 6.45) is 1.73. The van der Waals surface area contributed by atoms with E-state index in [2.05, 4.69) is 48.7 Å². The molecule has 0 amide bonds. The van der Waals surface area contributed by atoms with E-state index >= 15 is 0 Å². The molecule has 2 aromatic heterocycles. The van der Waals surface area contributed by atoms with Crippen LogP contribution >= 0.6 is 0 Å². The van der Waals surface area contributed by atoms with Gasteiger partial charge in [0.05, 0.1) is 18.6 Å². The molecule has 2 nitrogen and oxygen atoms in total. The molecule has 4 rings (SSSR count). The van der Waals surface area contributed by atoms with Gasteiger partial charge in [-0.1, -0.05) is 17.7 Å². The molecular formula is C21H20NO+. The Kier molecular flexibility index (Phi) is 2.77. The van der Waals surface area contributed by atoms with Gasteiger partial charge >= 0.3 is 0 Å². The SMILES string of the molecule is [2H]c1c(C)[n+](C)c(-c2cc3occc3cc2C)c2ccc(C)cc12. The van der Waals surface area contributed by atoms with Crippen molar-refractivity contribution in [1.29, 1.82) is 0 Å². The second-order valence-electron chi connectivity index (χ2n) is 6.29. The molecule has 0 aliphatic carbocycles. The van der Waals surface area contributed by atoms with Crippen LogP contribution in [-0.2, 0) is 7.05 Å². The lowest BCUT2D eigenvalue weighted by atomic mass is 9.97. The molecule has 0 aliphatic rings. The minimum absolute atomic E-state index is 0.594. The zero-order valence-electron chi connectivity index (χ0n) is 14.9. The second-order valence-corrected chi connectivity index (χ2v) is 6.29. The Morgan fingerprint density at radius 2 is 1.83 bits per heavy atom. The van der Waals surface area contributed by atoms with Crippen LogP contribution in [-0.4, -0.2) is 0 Å². The van der Waals surface area contributed by atoms with Crippen molar-refractivity contribution in [3.63, 3.8) is 0 Å². The molecule has 23 heavy (non-hydrogen) atoms. The standard InChI is InChI=1S/C21H20NO/c1-13-5-6-18-17(9-13)11-15(3)22(4)21(18)19-12-20-16(7-8-23-20)10-14(19)2/h5-12H,1-4H3/q+1/i11D. The smallest absolute Gasteiger partial charge is 0.220 e. The van der Waals surface area contributed by atoms with E-state index in [-0.39, 0.29) is 0 Å². The molecule has 0 atom stereocenters. The minimum Gasteiger partial charge on any atom is -0.464 e. The van der Waals surface area contributed by atoms with E-state index in [0.29, 0.717) is 6.04 Å². The number of aromatic nitrogens is 1. The van der Waals surface area contributed by atoms with E-state index in [1.165, 1.54) is 11.1 Å². The first-order valence-corrected chi connectivity index (χ1v) is 7.85. The Morgan fingerprint density at radius 3 is 2.65 bits per heavy atom. The van der Waals surface area contributed by atoms with Crippen molar-refractivity contribution in [2.45, 2.75) is 20.8 Å². The summed E-state index contributed by atoms with van der Waals surface area (Å²) in [6, 6.07) is 13.2. The number of hydrogen-bond acceptors (Lipinski definition) is 1. The second kappa shape index (κ2) is 4.95. The number of pyridine rings is 1. The van der Waals surface area contributed by atoms with Crippen LogP contribution in [0.15, 0.2) is 53.1 Å². The average Bonchev–Trinajstić information content (AvgIpc) is 3.00. The van der Waals surface area contributed by atoms with Crippen LogP contribution < -0.4 is 4.57 Å². The minimum atomic E-state index is 0.594. The highest BCUT2D eigenvalue weighted by molar-refractivity contribution is 5.96. The molecule has 0 saturated heterocycles. The maximum atomic E-state index is 8.51. The van der Waals surface area contributed by atoms with Gasteiger partial charge in [0.1, 0.15) is 12.6 Å². The normalized spacial score (nSPS) is 12.1. The number of furan rings is 1. The van der Waals surface area contributed by atoms with Gasteiger partial charge in [0.25, 0.3) is 0 Å². The fourth-order valence-electron chi connectivity index (χ4n) is 3.30. The van der Waals surface area contributed by atoms with Gasteiger partial charge in [0.2, 0.25) is 5.69 Å². The van der Waals surface area contributed by atoms with Crippen LogP contribution in [0.5, 0.6) is 0 Å². The average molecular weight is 303 g/mol. The van der Waals surface area contributed by atoms with Crippen molar-refractivity contribution in [3.8, 4) is 11.3 Å². The van der Waals surface area contributed by atoms with E-state index in [9.17, 15) is 0 Å². The summed E-state index contributed by atoms with van der Waals surface area (Å²) < 4.78 is 16.2. The van der Waals surface area contributed by atoms with Crippen molar-refractivity contribution >= 4 is 21.7 Å². The Labute approximate surface area is 137 Å². The first-order chi connectivity index (χ1) is 11.5. The predicted molar refractivity (Wildman–Crippen MR) is 94.5 cm³/mol. The molecule has 0 bridgehead atoms. The first-order valence-electron chi connectivity index (χ1n) is 8.35. The topological polar surface area (TPSA) is 17.0 Å². The van der Waals surface area contributed by atoms with Crippen LogP contribution in [0.4, 0.5) is 0 Å². The van der Waals surface area contributed by atoms with Gasteiger partial charge in [-0.25, -0.2) is 0 Å². The summed E-state index contributed by atoms with van der Waals surface area (Å²) in [6.45, 7) is 6.21. The number of aryl methyl sites for hydroxylation is 2. The van der Waals surface area contributed by atoms with Gasteiger partial charge in [-0.3, -0.25) is 0 Å². The number of benzene rings is 2. The Balaban J connectivity index is 2.17. The summed E-state index contributed by atoms with van der Waals surface area (Å²) >= 11 is 0. The van der Waals surface area contributed by atoms with Crippen molar-refractivity contribution in [3.05, 3.63) is 65.5 Å². The monoisotopic (exact) mass is 303 g/mol. The third-order valence-corrected chi connectivity index (χ3v) is 4.64. The Bertz CT molecular complexity index is 1110. The summed E-state index contributed by atoms with van der Waals surface area (Å²) in [5.41, 5.74) is 6.52. The molecule has 4 aromatic rings. The highest BCUT2D eigenvalue weighted by atomic mass is 16.3. The molecule has 0 fully saturated rings. The number of hydrogen-bond donors (Lipinski definition) is 0. The fourth-order valence-corrected chi connectivity index (χ4v) is 3.30. The zero-order valence-corrected chi connectivity index (χ0v) is 13.9. The highest BCUT2D eigenvalue weighted by Gasteiger charge is 2.20. The summed E-state index contributed by atoms with van der Waals surface area (Å²) in [5.74, 6) is 0. The third kappa shape index (κ3) is 2.14. The first kappa shape index (κ1) is 12.9. The zero-order chi connectivity index (χ0) is 17.0. The Morgan fingerprint density at radius 1 is 1.00 bits per heavy atom. The molecule has 0 radical (unpaired) electrons. The maximum absolute atomic E-state index is 8.51. The van der Waals surface area contributed by atoms with Gasteiger partial charge in [0, 0.05) is 18.4 Å². The molecule has 2 heteroatoms. The summed E-state index contributed by atoms with van der Waals surface area (Å²) in [7, 11) is 2.04. The number of fused-ring (bicyclic) bond motifs is 2. The quantitative estimate of drug-likeness (QED) is 0.452. The van der Waals surface area contributed by atoms with Crippen molar-refractivity contribution < 1.29 is 10.4 Å². The van der Waals surface area contributed by atoms with E-state index in [4.69, 9.17) is 5.79 Å². The lowest BCUT2D eigenvalue weighted by molar-refractivity contribution is -0.665. The van der Waals surface area contributed by atoms with Crippen LogP contribution in [0.3, 0.4) is 0 Å². The molecule has 0 spiro atoms. The maximum Gasteiger partial charge on any atom is 0.220 e. The molecule has 0 aliphatic heterocycles. The summed E-state index contributed by atoms with van der Waals surface area (Å²) in [5, 5.41) is 3.22. The van der Waals surface area contributed by atoms with Gasteiger partial charge in [-0.2, -0.15) is 4.57 Å². The molecule has 0 N–H and O–H groups in total. The van der Waals surface area contributed by atoms with Crippen LogP contribution in [0, 0.1) is 20.8 Å². The van der Waals surface area contributed by atoms with Gasteiger partial charge in [-0.15, -0.1) is 0 Å². The lowest BCUT2D eigenvalue weighted by Gasteiger charge is -2.10. The number of nitrogens with zero attached hydrogens (tertiary/aromatic N) is 1. The molecule has 0 unspecified atom stereocenters. The van der Waals surface area contributed by atoms with E-state index in [1.54, 1.807) is 6.26 Å². The third-order valence-electron chi connectivity index (χ3n) is 4.64. The predicted octanol–water partition coefficient (Wildman–Crippen LogP) is 5.00. The van der Waals surface area contributed by atoms with Crippen LogP contribution in [0.25, 0.3) is 33.0 Å². The highest BCUT2D eigenvalue weighted by Crippen LogP contribution is 2.32. The van der Waals surface area contributed by atoms with Crippen molar-refractivity contribution in [1.82, 2.24) is 0 Å². The number of rotatable bonds is 1. The van der Waals surface area contributed by atoms with E-state index < -0.39 is 0 Å². The van der Waals surface area contributed by atoms with Gasteiger partial charge < -0.3 is 4.42 Å². The van der Waals surface area contributed by atoms with Crippen LogP contribution in [0.2, 0.25) is 0 Å². The van der Waals surface area contributed by atoms with Crippen molar-refractivity contribution in [2.75, 3.05) is 0 Å². The van der Waals surface area contributed by atoms with Gasteiger partial charge in [0.15, 0.2) is 5.69 Å². The fraction of sp³-hybridized carbons (Fsp3) is 0.190. The van der Waals surface area contributed by atoms with Gasteiger partial charge in [-0.05, 0) is 49.1 Å². The van der Waals surface area contributed by atoms with Crippen molar-refractivity contribution in [2.24, 2.45) is 7.05 Å². The molecular weight excluding hydrogens is 282 g/mol. The largest absolute Gasteiger partial charge is 0.464 e. The van der Waals surface area contributed by atoms with E-state index in [1.807, 2.05) is 20.0 Å². The van der Waals surface area contributed by atoms with E-state index in [0.717, 1.165) is 38.7 Å². The molecule has 2 heterocycles. The van der Waals surface area contributed by atoms with Crippen LogP contribution in [0.1, 0.15) is 18.2 Å². The molecule has 0 saturated carbocycles. The molecule has 114 valence electrons. The molecule has 2 aromatic carbocycles. The lowest BCUT2D eigenvalue weighted by Crippen LogP contribution is -2.35.